The van der Waals surface area contributed by atoms with Crippen molar-refractivity contribution in [3.05, 3.63) is 178 Å². The van der Waals surface area contributed by atoms with Gasteiger partial charge in [-0.3, -0.25) is 47.3 Å². The van der Waals surface area contributed by atoms with Crippen molar-refractivity contribution in [2.45, 2.75) is 55.3 Å². The Bertz CT molecular complexity index is 4970. The molecule has 0 fully saturated rings. The zero-order chi connectivity index (χ0) is 65.4. The summed E-state index contributed by atoms with van der Waals surface area (Å²) in [4.78, 5) is 34.7. The van der Waals surface area contributed by atoms with Crippen molar-refractivity contribution in [2.75, 3.05) is 22.9 Å². The topological polar surface area (TPSA) is 519 Å². The van der Waals surface area contributed by atoms with Gasteiger partial charge in [-0.1, -0.05) is 84.9 Å². The molecule has 2 heterocycles. The third-order valence-electron chi connectivity index (χ3n) is 12.3. The summed E-state index contributed by atoms with van der Waals surface area (Å²) in [6.07, 6.45) is 1.91. The number of nitriles is 2. The van der Waals surface area contributed by atoms with Crippen LogP contribution < -0.4 is 32.3 Å². The fourth-order valence-electron chi connectivity index (χ4n) is 8.31. The number of benzene rings is 6. The number of nitrogens with one attached hydrogen (secondary N) is 4. The monoisotopic (exact) mass is 1480 g/mol. The number of hydrogen-bond acceptors (Lipinski definition) is 22. The van der Waals surface area contributed by atoms with Crippen LogP contribution in [0, 0.1) is 22.7 Å². The molecule has 0 saturated heterocycles. The second-order valence-electron chi connectivity index (χ2n) is 18.7. The van der Waals surface area contributed by atoms with Gasteiger partial charge in [0.2, 0.25) is 34.4 Å². The number of hydrogen-bond donors (Lipinski definition) is 10. The maximum Gasteiger partial charge on any atom is 0.296 e. The van der Waals surface area contributed by atoms with Crippen molar-refractivity contribution >= 4 is 285 Å². The van der Waals surface area contributed by atoms with Gasteiger partial charge >= 0.3 is 0 Å². The quantitative estimate of drug-likeness (QED) is 0.0263. The average Bonchev–Trinajstić information content (AvgIpc) is 0.806. The predicted molar refractivity (Wildman–Crippen MR) is 350 cm³/mol. The maximum atomic E-state index is 13.1. The summed E-state index contributed by atoms with van der Waals surface area (Å²) >= 11 is 0. The third kappa shape index (κ3) is 25.1. The van der Waals surface area contributed by atoms with Gasteiger partial charge in [-0.15, -0.1) is 0 Å². The molecule has 10 N–H and O–H groups in total. The van der Waals surface area contributed by atoms with Crippen LogP contribution in [0.1, 0.15) is 35.1 Å². The van der Waals surface area contributed by atoms with Gasteiger partial charge in [0.15, 0.2) is 0 Å². The minimum Gasteiger partial charge on any atom is -0.337 e. The van der Waals surface area contributed by atoms with Crippen molar-refractivity contribution in [2.24, 2.45) is 20.0 Å². The number of rotatable bonds is 22. The fourth-order valence-corrected chi connectivity index (χ4v) is 11.9. The first-order valence-electron chi connectivity index (χ1n) is 25.3. The minimum atomic E-state index is -5.22. The molecular formula is C52H46N14Na6O18S6. The summed E-state index contributed by atoms with van der Waals surface area (Å²) in [6.45, 7) is 0.116. The molecule has 0 spiro atoms. The number of nitrogens with zero attached hydrogens (tertiary/aromatic N) is 10. The zero-order valence-corrected chi connectivity index (χ0v) is 68.5. The van der Waals surface area contributed by atoms with Gasteiger partial charge in [0, 0.05) is 204 Å². The molecule has 0 aliphatic rings. The Morgan fingerprint density at radius 2 is 0.740 bits per heavy atom. The first-order chi connectivity index (χ1) is 42.2. The van der Waals surface area contributed by atoms with Crippen LogP contribution in [0.2, 0.25) is 0 Å². The molecule has 32 nitrogen and oxygen atoms in total. The molecule has 0 bridgehead atoms. The van der Waals surface area contributed by atoms with Crippen LogP contribution in [0.5, 0.6) is 0 Å². The molecule has 8 rings (SSSR count). The van der Waals surface area contributed by atoms with E-state index in [9.17, 15) is 88.3 Å². The smallest absolute Gasteiger partial charge is 0.296 e. The van der Waals surface area contributed by atoms with Gasteiger partial charge in [0.25, 0.3) is 60.7 Å². The summed E-state index contributed by atoms with van der Waals surface area (Å²) in [5.41, 5.74) is -2.98. The number of H-pyrrole nitrogens is 4. The van der Waals surface area contributed by atoms with E-state index in [0.717, 1.165) is 36.4 Å². The molecule has 0 amide bonds. The standard InChI is InChI=1S/C52H46N14O18S6.6Na/c53-23-7-25-65(31-33-9-3-1-4-10-33)51-61-47(59-49(63-51)57-41-29-39(85(67,68)69)19-21-43(41)87(73,74)75)55-37-17-15-35(45(27-37)89(79,80)81)13-14-36-16-18-38(28-46(36)90(82,83)84)56-48-60-50(58-42-30-40(86(70,71)72)20-22-44(42)88(76,77)78)64-52(62-48)66(26-8-24-54)32-34-11-5-2-6-12-34;;;;;;/h1-6,9-22,27-30H,7-8,25-26,31-32H2,(H,67,68,69)(H,70,71,72)(H,73,74,75)(H,76,77,78)(H,79,80,81)(H,82,83,84)(H2,55,57,59,61,63)(H2,56,58,60,62,64);;;;;;. The predicted octanol–water partition coefficient (Wildman–Crippen LogP) is 1.92. The Labute approximate surface area is 681 Å². The normalized spacial score (nSPS) is 12.5. The van der Waals surface area contributed by atoms with Crippen molar-refractivity contribution in [3.63, 3.8) is 0 Å². The molecular weight excluding hydrogens is 1440 g/mol. The van der Waals surface area contributed by atoms with Gasteiger partial charge < -0.3 is 9.80 Å². The summed E-state index contributed by atoms with van der Waals surface area (Å²) in [6, 6.07) is 31.8. The van der Waals surface area contributed by atoms with Gasteiger partial charge in [-0.2, -0.15) is 71.0 Å². The average molecular weight is 1490 g/mol. The Hall–Kier alpha value is -3.68. The van der Waals surface area contributed by atoms with Crippen molar-refractivity contribution in [1.29, 1.82) is 10.5 Å². The van der Waals surface area contributed by atoms with Gasteiger partial charge in [0.05, 0.1) is 57.5 Å². The second kappa shape index (κ2) is 37.8. The molecule has 474 valence electrons. The number of aromatic nitrogens is 6. The van der Waals surface area contributed by atoms with Crippen molar-refractivity contribution in [3.8, 4) is 12.1 Å². The SMILES string of the molecule is N#CCCN(Cc1ccccc1)c1nc(=Nc2ccc(C=Cc3ccc(N=c4nc(N(CCC#N)Cc5ccccc5)[nH]c(=Nc5cc(S(=O)(=O)O)ccc5S(=O)(=O)O)[nH]4)cc3S(=O)(=O)O)c(S(=O)(=O)O)c2)[nH]c(=Nc2cc(S(=O)(=O)O)ccc2S(=O)(=O)O)[nH]1.[Na].[Na].[Na].[Na].[Na].[Na]. The summed E-state index contributed by atoms with van der Waals surface area (Å²) in [7, 11) is -30.6. The molecule has 6 radical (unpaired) electrons. The molecule has 0 aliphatic carbocycles. The largest absolute Gasteiger partial charge is 0.337 e. The first-order valence-corrected chi connectivity index (χ1v) is 33.9. The molecule has 0 saturated carbocycles. The van der Waals surface area contributed by atoms with E-state index in [0.29, 0.717) is 47.5 Å². The zero-order valence-electron chi connectivity index (χ0n) is 51.6. The minimum absolute atomic E-state index is 0. The van der Waals surface area contributed by atoms with Crippen LogP contribution in [-0.2, 0) is 73.8 Å². The Morgan fingerprint density at radius 3 is 1.04 bits per heavy atom. The number of aromatic amines is 4. The summed E-state index contributed by atoms with van der Waals surface area (Å²) in [5, 5.41) is 19.1. The van der Waals surface area contributed by atoms with E-state index in [4.69, 9.17) is 0 Å². The van der Waals surface area contributed by atoms with E-state index in [1.807, 2.05) is 12.1 Å². The second-order valence-corrected chi connectivity index (χ2v) is 27.1. The molecule has 0 aliphatic heterocycles. The third-order valence-corrected chi connectivity index (χ3v) is 17.6. The Balaban J connectivity index is 0.00000523. The Morgan fingerprint density at radius 1 is 0.406 bits per heavy atom. The molecule has 6 aromatic carbocycles. The van der Waals surface area contributed by atoms with Gasteiger partial charge in [0.1, 0.15) is 19.6 Å². The maximum absolute atomic E-state index is 13.1. The molecule has 0 unspecified atom stereocenters. The van der Waals surface area contributed by atoms with E-state index in [1.54, 1.807) is 60.7 Å². The Kier molecular flexibility index (Phi) is 34.8. The van der Waals surface area contributed by atoms with E-state index in [2.05, 4.69) is 49.9 Å². The molecule has 96 heavy (non-hydrogen) atoms. The van der Waals surface area contributed by atoms with E-state index in [1.165, 1.54) is 21.9 Å². The number of anilines is 2. The fraction of sp³-hybridized carbons (Fsp3) is 0.115. The van der Waals surface area contributed by atoms with Crippen molar-refractivity contribution in [1.82, 2.24) is 29.9 Å². The van der Waals surface area contributed by atoms with Crippen LogP contribution in [-0.4, -0.2) is 298 Å². The van der Waals surface area contributed by atoms with Crippen LogP contribution in [0.3, 0.4) is 0 Å². The van der Waals surface area contributed by atoms with E-state index < -0.39 is 124 Å². The molecule has 0 atom stereocenters. The van der Waals surface area contributed by atoms with E-state index >= 15 is 0 Å². The van der Waals surface area contributed by atoms with Gasteiger partial charge in [-0.05, 0) is 82.9 Å². The van der Waals surface area contributed by atoms with Crippen LogP contribution in [0.4, 0.5) is 34.6 Å². The van der Waals surface area contributed by atoms with Crippen LogP contribution in [0.15, 0.2) is 183 Å². The molecule has 44 heteroatoms. The summed E-state index contributed by atoms with van der Waals surface area (Å²) < 4.78 is 211. The van der Waals surface area contributed by atoms with Crippen molar-refractivity contribution < 1.29 is 77.8 Å². The van der Waals surface area contributed by atoms with E-state index in [-0.39, 0.29) is 251 Å². The molecule has 8 aromatic rings. The summed E-state index contributed by atoms with van der Waals surface area (Å²) in [5.74, 6) is -0.239. The van der Waals surface area contributed by atoms with Gasteiger partial charge in [-0.25, -0.2) is 20.0 Å². The molecule has 2 aromatic heterocycles. The van der Waals surface area contributed by atoms with Crippen LogP contribution in [0.25, 0.3) is 12.2 Å². The van der Waals surface area contributed by atoms with Crippen LogP contribution >= 0.6 is 0 Å². The first kappa shape index (κ1) is 88.4.